The fourth-order valence-corrected chi connectivity index (χ4v) is 3.63. The van der Waals surface area contributed by atoms with Crippen LogP contribution in [-0.2, 0) is 11.3 Å². The smallest absolute Gasteiger partial charge is 0.338 e. The molecule has 0 saturated heterocycles. The minimum absolute atomic E-state index is 0.00190. The zero-order valence-corrected chi connectivity index (χ0v) is 17.3. The van der Waals surface area contributed by atoms with Crippen LogP contribution in [-0.4, -0.2) is 10.9 Å². The third-order valence-corrected chi connectivity index (χ3v) is 5.26. The Morgan fingerprint density at radius 3 is 1.72 bits per heavy atom. The van der Waals surface area contributed by atoms with Crippen molar-refractivity contribution in [2.24, 2.45) is 0 Å². The van der Waals surface area contributed by atoms with Crippen LogP contribution in [0.1, 0.15) is 38.5 Å². The van der Waals surface area contributed by atoms with Gasteiger partial charge < -0.3 is 4.74 Å². The minimum Gasteiger partial charge on any atom is -0.457 e. The summed E-state index contributed by atoms with van der Waals surface area (Å²) < 4.78 is 5.38. The summed E-state index contributed by atoms with van der Waals surface area (Å²) in [6.07, 6.45) is 0. The molecule has 0 fully saturated rings. The van der Waals surface area contributed by atoms with Gasteiger partial charge in [-0.1, -0.05) is 72.8 Å². The summed E-state index contributed by atoms with van der Waals surface area (Å²) in [5, 5.41) is 10.7. The van der Waals surface area contributed by atoms with E-state index in [1.807, 2.05) is 48.5 Å². The van der Waals surface area contributed by atoms with Crippen molar-refractivity contribution in [2.75, 3.05) is 0 Å². The first kappa shape index (κ1) is 21.0. The second-order valence-corrected chi connectivity index (χ2v) is 7.38. The van der Waals surface area contributed by atoms with Crippen molar-refractivity contribution in [1.29, 1.82) is 0 Å². The van der Waals surface area contributed by atoms with Gasteiger partial charge in [-0.05, 0) is 46.5 Å². The highest BCUT2D eigenvalue weighted by Gasteiger charge is 2.17. The van der Waals surface area contributed by atoms with Crippen LogP contribution in [0.5, 0.6) is 0 Å². The van der Waals surface area contributed by atoms with E-state index in [9.17, 15) is 14.9 Å². The average Bonchev–Trinajstić information content (AvgIpc) is 2.85. The number of esters is 1. The number of ether oxygens (including phenoxy) is 1. The first-order valence-electron chi connectivity index (χ1n) is 10.2. The number of carbonyl (C=O) groups is 1. The van der Waals surface area contributed by atoms with Crippen LogP contribution in [0.15, 0.2) is 109 Å². The highest BCUT2D eigenvalue weighted by molar-refractivity contribution is 5.89. The number of nitro benzene ring substituents is 1. The van der Waals surface area contributed by atoms with E-state index in [1.54, 1.807) is 24.3 Å². The monoisotopic (exact) mass is 423 g/mol. The number of rotatable bonds is 7. The molecule has 4 aromatic rings. The Morgan fingerprint density at radius 2 is 1.22 bits per heavy atom. The number of hydrogen-bond donors (Lipinski definition) is 0. The standard InChI is InChI=1S/C27H21NO4/c29-27(32-19-20-11-17-25(18-12-20)28(30)31)24-15-13-23(14-16-24)26(21-7-3-1-4-8-21)22-9-5-2-6-10-22/h1-18,26H,19H2. The van der Waals surface area contributed by atoms with Gasteiger partial charge in [0.25, 0.3) is 5.69 Å². The van der Waals surface area contributed by atoms with E-state index in [2.05, 4.69) is 24.3 Å². The predicted octanol–water partition coefficient (Wildman–Crippen LogP) is 6.13. The predicted molar refractivity (Wildman–Crippen MR) is 122 cm³/mol. The number of nitro groups is 1. The minimum atomic E-state index is -0.463. The molecule has 0 aliphatic carbocycles. The Hall–Kier alpha value is -4.25. The lowest BCUT2D eigenvalue weighted by molar-refractivity contribution is -0.384. The van der Waals surface area contributed by atoms with E-state index >= 15 is 0 Å². The fraction of sp³-hybridized carbons (Fsp3) is 0.0741. The Bertz CT molecular complexity index is 1150. The van der Waals surface area contributed by atoms with Crippen molar-refractivity contribution in [3.05, 3.63) is 147 Å². The molecule has 0 bridgehead atoms. The van der Waals surface area contributed by atoms with Gasteiger partial charge in [0.15, 0.2) is 0 Å². The second-order valence-electron chi connectivity index (χ2n) is 7.38. The molecule has 0 amide bonds. The molecule has 0 N–H and O–H groups in total. The lowest BCUT2D eigenvalue weighted by Gasteiger charge is -2.19. The first-order valence-corrected chi connectivity index (χ1v) is 10.2. The molecular formula is C27H21NO4. The van der Waals surface area contributed by atoms with Gasteiger partial charge in [0.1, 0.15) is 6.61 Å². The van der Waals surface area contributed by atoms with Gasteiger partial charge in [-0.2, -0.15) is 0 Å². The first-order chi connectivity index (χ1) is 15.6. The molecule has 5 heteroatoms. The van der Waals surface area contributed by atoms with Crippen molar-refractivity contribution in [1.82, 2.24) is 0 Å². The molecule has 0 spiro atoms. The fourth-order valence-electron chi connectivity index (χ4n) is 3.63. The molecule has 32 heavy (non-hydrogen) atoms. The summed E-state index contributed by atoms with van der Waals surface area (Å²) in [5.41, 5.74) is 4.57. The van der Waals surface area contributed by atoms with Crippen LogP contribution in [0.4, 0.5) is 5.69 Å². The molecule has 0 aliphatic rings. The zero-order chi connectivity index (χ0) is 22.3. The summed E-state index contributed by atoms with van der Waals surface area (Å²) in [4.78, 5) is 22.8. The molecule has 0 unspecified atom stereocenters. The van der Waals surface area contributed by atoms with E-state index in [0.717, 1.165) is 5.56 Å². The molecule has 4 rings (SSSR count). The molecular weight excluding hydrogens is 402 g/mol. The van der Waals surface area contributed by atoms with Gasteiger partial charge in [0.2, 0.25) is 0 Å². The lowest BCUT2D eigenvalue weighted by Crippen LogP contribution is -2.07. The molecule has 0 saturated carbocycles. The van der Waals surface area contributed by atoms with E-state index in [4.69, 9.17) is 4.74 Å². The van der Waals surface area contributed by atoms with Crippen LogP contribution in [0.25, 0.3) is 0 Å². The Balaban J connectivity index is 1.49. The van der Waals surface area contributed by atoms with E-state index < -0.39 is 10.9 Å². The Morgan fingerprint density at radius 1 is 0.719 bits per heavy atom. The van der Waals surface area contributed by atoms with Gasteiger partial charge in [-0.3, -0.25) is 10.1 Å². The maximum Gasteiger partial charge on any atom is 0.338 e. The third kappa shape index (κ3) is 4.90. The van der Waals surface area contributed by atoms with Crippen molar-refractivity contribution in [3.8, 4) is 0 Å². The Kier molecular flexibility index (Phi) is 6.37. The molecule has 0 atom stereocenters. The largest absolute Gasteiger partial charge is 0.457 e. The average molecular weight is 423 g/mol. The second kappa shape index (κ2) is 9.71. The topological polar surface area (TPSA) is 69.4 Å². The van der Waals surface area contributed by atoms with Gasteiger partial charge in [0, 0.05) is 18.1 Å². The molecule has 0 radical (unpaired) electrons. The maximum atomic E-state index is 12.5. The normalized spacial score (nSPS) is 10.7. The Labute approximate surface area is 186 Å². The van der Waals surface area contributed by atoms with Crippen LogP contribution in [0, 0.1) is 10.1 Å². The van der Waals surface area contributed by atoms with Crippen LogP contribution < -0.4 is 0 Å². The van der Waals surface area contributed by atoms with E-state index in [-0.39, 0.29) is 18.2 Å². The lowest BCUT2D eigenvalue weighted by atomic mass is 9.85. The summed E-state index contributed by atoms with van der Waals surface area (Å²) >= 11 is 0. The molecule has 0 aromatic heterocycles. The SMILES string of the molecule is O=C(OCc1ccc([N+](=O)[O-])cc1)c1ccc(C(c2ccccc2)c2ccccc2)cc1. The van der Waals surface area contributed by atoms with Gasteiger partial charge in [-0.15, -0.1) is 0 Å². The summed E-state index contributed by atoms with van der Waals surface area (Å²) in [7, 11) is 0. The summed E-state index contributed by atoms with van der Waals surface area (Å²) in [5.74, 6) is -0.381. The molecule has 158 valence electrons. The van der Waals surface area contributed by atoms with Crippen molar-refractivity contribution >= 4 is 11.7 Å². The van der Waals surface area contributed by atoms with Crippen molar-refractivity contribution in [2.45, 2.75) is 12.5 Å². The highest BCUT2D eigenvalue weighted by Crippen LogP contribution is 2.32. The number of non-ortho nitro benzene ring substituents is 1. The van der Waals surface area contributed by atoms with Crippen LogP contribution >= 0.6 is 0 Å². The molecule has 0 heterocycles. The van der Waals surface area contributed by atoms with Gasteiger partial charge in [-0.25, -0.2) is 4.79 Å². The highest BCUT2D eigenvalue weighted by atomic mass is 16.6. The molecule has 0 aliphatic heterocycles. The molecule has 5 nitrogen and oxygen atoms in total. The molecule has 4 aromatic carbocycles. The van der Waals surface area contributed by atoms with E-state index in [0.29, 0.717) is 11.1 Å². The van der Waals surface area contributed by atoms with E-state index in [1.165, 1.54) is 23.3 Å². The van der Waals surface area contributed by atoms with Crippen molar-refractivity contribution < 1.29 is 14.5 Å². The van der Waals surface area contributed by atoms with Crippen LogP contribution in [0.2, 0.25) is 0 Å². The van der Waals surface area contributed by atoms with Crippen LogP contribution in [0.3, 0.4) is 0 Å². The van der Waals surface area contributed by atoms with Gasteiger partial charge in [0.05, 0.1) is 10.5 Å². The zero-order valence-electron chi connectivity index (χ0n) is 17.3. The number of hydrogen-bond acceptors (Lipinski definition) is 4. The number of carbonyl (C=O) groups excluding carboxylic acids is 1. The number of nitrogens with zero attached hydrogens (tertiary/aromatic N) is 1. The summed E-state index contributed by atoms with van der Waals surface area (Å²) in [6.45, 7) is 0.0508. The summed E-state index contributed by atoms with van der Waals surface area (Å²) in [6, 6.07) is 33.9. The quantitative estimate of drug-likeness (QED) is 0.155. The number of benzene rings is 4. The van der Waals surface area contributed by atoms with Gasteiger partial charge >= 0.3 is 5.97 Å². The third-order valence-electron chi connectivity index (χ3n) is 5.26. The maximum absolute atomic E-state index is 12.5. The van der Waals surface area contributed by atoms with Crippen molar-refractivity contribution in [3.63, 3.8) is 0 Å².